The SMILES string of the molecule is N#Cc1cccc(/C=C/C(=O)NC(=O)c2ccccc2)c1. The fourth-order valence-electron chi connectivity index (χ4n) is 1.70. The van der Waals surface area contributed by atoms with Gasteiger partial charge in [0.1, 0.15) is 0 Å². The lowest BCUT2D eigenvalue weighted by atomic mass is 10.1. The Morgan fingerprint density at radius 2 is 1.81 bits per heavy atom. The van der Waals surface area contributed by atoms with E-state index in [-0.39, 0.29) is 0 Å². The second-order valence-electron chi connectivity index (χ2n) is 4.25. The van der Waals surface area contributed by atoms with E-state index >= 15 is 0 Å². The minimum absolute atomic E-state index is 0.422. The summed E-state index contributed by atoms with van der Waals surface area (Å²) in [5.41, 5.74) is 1.65. The zero-order valence-electron chi connectivity index (χ0n) is 11.1. The van der Waals surface area contributed by atoms with Gasteiger partial charge < -0.3 is 0 Å². The summed E-state index contributed by atoms with van der Waals surface area (Å²) in [5, 5.41) is 11.1. The topological polar surface area (TPSA) is 70.0 Å². The molecule has 0 aliphatic carbocycles. The summed E-state index contributed by atoms with van der Waals surface area (Å²) in [7, 11) is 0. The van der Waals surface area contributed by atoms with Crippen molar-refractivity contribution in [3.05, 3.63) is 77.4 Å². The van der Waals surface area contributed by atoms with Crippen LogP contribution in [0.2, 0.25) is 0 Å². The highest BCUT2D eigenvalue weighted by Crippen LogP contribution is 2.06. The van der Waals surface area contributed by atoms with Gasteiger partial charge in [-0.3, -0.25) is 14.9 Å². The lowest BCUT2D eigenvalue weighted by Crippen LogP contribution is -2.28. The molecule has 0 aliphatic heterocycles. The Morgan fingerprint density at radius 3 is 2.52 bits per heavy atom. The van der Waals surface area contributed by atoms with E-state index in [0.29, 0.717) is 11.1 Å². The van der Waals surface area contributed by atoms with Crippen LogP contribution in [0.3, 0.4) is 0 Å². The van der Waals surface area contributed by atoms with E-state index in [9.17, 15) is 9.59 Å². The fraction of sp³-hybridized carbons (Fsp3) is 0. The van der Waals surface area contributed by atoms with Gasteiger partial charge in [0.25, 0.3) is 11.8 Å². The van der Waals surface area contributed by atoms with Crippen LogP contribution in [-0.4, -0.2) is 11.8 Å². The van der Waals surface area contributed by atoms with Crippen molar-refractivity contribution in [2.75, 3.05) is 0 Å². The molecule has 0 atom stereocenters. The third-order valence-corrected chi connectivity index (χ3v) is 2.72. The first-order valence-corrected chi connectivity index (χ1v) is 6.27. The molecule has 102 valence electrons. The Morgan fingerprint density at radius 1 is 1.05 bits per heavy atom. The summed E-state index contributed by atoms with van der Waals surface area (Å²) in [4.78, 5) is 23.4. The number of hydrogen-bond donors (Lipinski definition) is 1. The van der Waals surface area contributed by atoms with E-state index in [2.05, 4.69) is 5.32 Å². The maximum atomic E-state index is 11.8. The molecule has 0 aliphatic rings. The molecule has 4 heteroatoms. The van der Waals surface area contributed by atoms with Crippen LogP contribution >= 0.6 is 0 Å². The lowest BCUT2D eigenvalue weighted by molar-refractivity contribution is -0.115. The number of rotatable bonds is 3. The number of nitrogens with zero attached hydrogens (tertiary/aromatic N) is 1. The quantitative estimate of drug-likeness (QED) is 0.876. The van der Waals surface area contributed by atoms with E-state index in [0.717, 1.165) is 5.56 Å². The molecule has 0 unspecified atom stereocenters. The summed E-state index contributed by atoms with van der Waals surface area (Å²) in [6, 6.07) is 17.3. The van der Waals surface area contributed by atoms with Gasteiger partial charge in [-0.15, -0.1) is 0 Å². The van der Waals surface area contributed by atoms with Crippen molar-refractivity contribution >= 4 is 17.9 Å². The van der Waals surface area contributed by atoms with Crippen molar-refractivity contribution in [2.45, 2.75) is 0 Å². The molecule has 0 bridgehead atoms. The van der Waals surface area contributed by atoms with Crippen LogP contribution in [0.5, 0.6) is 0 Å². The number of carbonyl (C=O) groups is 2. The van der Waals surface area contributed by atoms with Crippen molar-refractivity contribution in [1.29, 1.82) is 5.26 Å². The summed E-state index contributed by atoms with van der Waals surface area (Å²) in [6.45, 7) is 0. The number of carbonyl (C=O) groups excluding carboxylic acids is 2. The summed E-state index contributed by atoms with van der Waals surface area (Å²) >= 11 is 0. The third kappa shape index (κ3) is 4.15. The van der Waals surface area contributed by atoms with E-state index in [1.54, 1.807) is 60.7 Å². The number of benzene rings is 2. The van der Waals surface area contributed by atoms with E-state index < -0.39 is 11.8 Å². The van der Waals surface area contributed by atoms with Crippen molar-refractivity contribution in [3.63, 3.8) is 0 Å². The van der Waals surface area contributed by atoms with Gasteiger partial charge in [-0.2, -0.15) is 5.26 Å². The molecule has 2 aromatic rings. The molecule has 1 N–H and O–H groups in total. The molecular formula is C17H12N2O2. The second-order valence-corrected chi connectivity index (χ2v) is 4.25. The normalized spacial score (nSPS) is 10.0. The zero-order valence-corrected chi connectivity index (χ0v) is 11.1. The molecule has 2 aromatic carbocycles. The molecule has 0 saturated heterocycles. The van der Waals surface area contributed by atoms with Crippen molar-refractivity contribution in [1.82, 2.24) is 5.32 Å². The van der Waals surface area contributed by atoms with Crippen LogP contribution in [-0.2, 0) is 4.79 Å². The first-order chi connectivity index (χ1) is 10.2. The molecule has 0 fully saturated rings. The monoisotopic (exact) mass is 276 g/mol. The van der Waals surface area contributed by atoms with E-state index in [4.69, 9.17) is 5.26 Å². The predicted octanol–water partition coefficient (Wildman–Crippen LogP) is 2.53. The van der Waals surface area contributed by atoms with E-state index in [1.807, 2.05) is 6.07 Å². The molecule has 4 nitrogen and oxygen atoms in total. The average molecular weight is 276 g/mol. The Hall–Kier alpha value is -3.19. The smallest absolute Gasteiger partial charge is 0.258 e. The minimum atomic E-state index is -0.508. The largest absolute Gasteiger partial charge is 0.289 e. The van der Waals surface area contributed by atoms with Gasteiger partial charge in [-0.25, -0.2) is 0 Å². The summed E-state index contributed by atoms with van der Waals surface area (Å²) in [6.07, 6.45) is 2.81. The fourth-order valence-corrected chi connectivity index (χ4v) is 1.70. The summed E-state index contributed by atoms with van der Waals surface area (Å²) in [5.74, 6) is -0.956. The molecule has 0 aromatic heterocycles. The van der Waals surface area contributed by atoms with E-state index in [1.165, 1.54) is 6.08 Å². The highest BCUT2D eigenvalue weighted by molar-refractivity contribution is 6.09. The first-order valence-electron chi connectivity index (χ1n) is 6.27. The maximum absolute atomic E-state index is 11.8. The molecule has 0 spiro atoms. The highest BCUT2D eigenvalue weighted by atomic mass is 16.2. The molecule has 2 amide bonds. The van der Waals surface area contributed by atoms with Crippen LogP contribution in [0.15, 0.2) is 60.7 Å². The Kier molecular flexibility index (Phi) is 4.62. The Bertz CT molecular complexity index is 728. The van der Waals surface area contributed by atoms with Gasteiger partial charge in [0, 0.05) is 11.6 Å². The number of hydrogen-bond acceptors (Lipinski definition) is 3. The maximum Gasteiger partial charge on any atom is 0.258 e. The number of nitriles is 1. The summed E-state index contributed by atoms with van der Waals surface area (Å²) < 4.78 is 0. The molecule has 0 saturated carbocycles. The molecule has 2 rings (SSSR count). The van der Waals surface area contributed by atoms with Gasteiger partial charge in [0.15, 0.2) is 0 Å². The predicted molar refractivity (Wildman–Crippen MR) is 79.1 cm³/mol. The first kappa shape index (κ1) is 14.2. The van der Waals surface area contributed by atoms with Gasteiger partial charge in [-0.05, 0) is 35.9 Å². The molecule has 21 heavy (non-hydrogen) atoms. The van der Waals surface area contributed by atoms with Gasteiger partial charge in [0.05, 0.1) is 11.6 Å². The van der Waals surface area contributed by atoms with Crippen LogP contribution in [0.4, 0.5) is 0 Å². The minimum Gasteiger partial charge on any atom is -0.289 e. The van der Waals surface area contributed by atoms with Gasteiger partial charge in [0.2, 0.25) is 0 Å². The van der Waals surface area contributed by atoms with Crippen LogP contribution in [0.1, 0.15) is 21.5 Å². The average Bonchev–Trinajstić information content (AvgIpc) is 2.54. The van der Waals surface area contributed by atoms with Crippen LogP contribution in [0, 0.1) is 11.3 Å². The highest BCUT2D eigenvalue weighted by Gasteiger charge is 2.06. The molecule has 0 radical (unpaired) electrons. The second kappa shape index (κ2) is 6.83. The van der Waals surface area contributed by atoms with Gasteiger partial charge in [-0.1, -0.05) is 30.3 Å². The Labute approximate surface area is 122 Å². The van der Waals surface area contributed by atoms with Crippen molar-refractivity contribution < 1.29 is 9.59 Å². The number of amides is 2. The van der Waals surface area contributed by atoms with Gasteiger partial charge >= 0.3 is 0 Å². The molecule has 0 heterocycles. The third-order valence-electron chi connectivity index (χ3n) is 2.72. The van der Waals surface area contributed by atoms with Crippen LogP contribution < -0.4 is 5.32 Å². The number of nitrogens with one attached hydrogen (secondary N) is 1. The Balaban J connectivity index is 2.00. The number of imide groups is 1. The zero-order chi connectivity index (χ0) is 15.1. The van der Waals surface area contributed by atoms with Crippen LogP contribution in [0.25, 0.3) is 6.08 Å². The van der Waals surface area contributed by atoms with Crippen molar-refractivity contribution in [3.8, 4) is 6.07 Å². The lowest BCUT2D eigenvalue weighted by Gasteiger charge is -2.00. The standard InChI is InChI=1S/C17H12N2O2/c18-12-14-6-4-5-13(11-14)9-10-16(20)19-17(21)15-7-2-1-3-8-15/h1-11H,(H,19,20,21)/b10-9+. The molecular weight excluding hydrogens is 264 g/mol. The van der Waals surface area contributed by atoms with Crippen molar-refractivity contribution in [2.24, 2.45) is 0 Å².